The lowest BCUT2D eigenvalue weighted by molar-refractivity contribution is 0.109. The minimum absolute atomic E-state index is 0.205. The molecule has 1 fully saturated rings. The lowest BCUT2D eigenvalue weighted by Gasteiger charge is -2.13. The van der Waals surface area contributed by atoms with Gasteiger partial charge in [0.05, 0.1) is 11.5 Å². The van der Waals surface area contributed by atoms with Crippen molar-refractivity contribution in [2.75, 3.05) is 6.61 Å². The van der Waals surface area contributed by atoms with E-state index in [1.54, 1.807) is 0 Å². The van der Waals surface area contributed by atoms with Crippen LogP contribution in [0.25, 0.3) is 0 Å². The van der Waals surface area contributed by atoms with Crippen LogP contribution in [0.2, 0.25) is 0 Å². The van der Waals surface area contributed by atoms with Gasteiger partial charge in [-0.25, -0.2) is 5.11 Å². The fraction of sp³-hybridized carbons (Fsp3) is 0.857. The highest BCUT2D eigenvalue weighted by Crippen LogP contribution is 2.36. The second-order valence-electron chi connectivity index (χ2n) is 2.74. The van der Waals surface area contributed by atoms with Gasteiger partial charge in [0, 0.05) is 0 Å². The maximum absolute atomic E-state index is 10.5. The smallest absolute Gasteiger partial charge is 0.101 e. The van der Waals surface area contributed by atoms with Gasteiger partial charge < -0.3 is 0 Å². The van der Waals surface area contributed by atoms with Crippen LogP contribution in [0.1, 0.15) is 25.7 Å². The van der Waals surface area contributed by atoms with E-state index in [0.717, 1.165) is 25.7 Å². The molecule has 0 N–H and O–H groups in total. The van der Waals surface area contributed by atoms with Crippen molar-refractivity contribution >= 4 is 0 Å². The number of hydrogen-bond acceptors (Lipinski definition) is 1. The van der Waals surface area contributed by atoms with Crippen molar-refractivity contribution in [3.05, 3.63) is 0 Å². The summed E-state index contributed by atoms with van der Waals surface area (Å²) in [6.45, 7) is -0.205. The van der Waals surface area contributed by atoms with Crippen molar-refractivity contribution in [1.29, 1.82) is 5.26 Å². The van der Waals surface area contributed by atoms with Crippen molar-refractivity contribution in [3.63, 3.8) is 0 Å². The third kappa shape index (κ3) is 1.06. The molecule has 1 radical (unpaired) electrons. The van der Waals surface area contributed by atoms with Crippen LogP contribution < -0.4 is 0 Å². The van der Waals surface area contributed by atoms with E-state index in [1.807, 2.05) is 0 Å². The van der Waals surface area contributed by atoms with Crippen LogP contribution >= 0.6 is 0 Å². The van der Waals surface area contributed by atoms with Gasteiger partial charge in [-0.15, -0.1) is 0 Å². The standard InChI is InChI=1S/C7H10NO/c8-5-7(6-9)3-1-2-4-7/h1-4,6H2. The Balaban J connectivity index is 2.59. The topological polar surface area (TPSA) is 43.7 Å². The van der Waals surface area contributed by atoms with Crippen LogP contribution in [0.5, 0.6) is 0 Å². The Labute approximate surface area is 55.1 Å². The van der Waals surface area contributed by atoms with Crippen LogP contribution in [0, 0.1) is 16.7 Å². The van der Waals surface area contributed by atoms with E-state index in [2.05, 4.69) is 6.07 Å². The highest BCUT2D eigenvalue weighted by Gasteiger charge is 2.33. The largest absolute Gasteiger partial charge is 0.235 e. The Kier molecular flexibility index (Phi) is 1.73. The molecule has 0 unspecified atom stereocenters. The minimum Gasteiger partial charge on any atom is -0.235 e. The molecule has 0 bridgehead atoms. The number of rotatable bonds is 1. The molecule has 9 heavy (non-hydrogen) atoms. The first-order valence-corrected chi connectivity index (χ1v) is 3.32. The molecular formula is C7H10NO. The summed E-state index contributed by atoms with van der Waals surface area (Å²) in [6.07, 6.45) is 3.78. The first-order chi connectivity index (χ1) is 4.33. The second-order valence-corrected chi connectivity index (χ2v) is 2.74. The predicted molar refractivity (Wildman–Crippen MR) is 32.1 cm³/mol. The van der Waals surface area contributed by atoms with Crippen LogP contribution in [0.3, 0.4) is 0 Å². The summed E-state index contributed by atoms with van der Waals surface area (Å²) in [7, 11) is 0. The average Bonchev–Trinajstić information content (AvgIpc) is 2.36. The average molecular weight is 124 g/mol. The molecule has 1 aliphatic carbocycles. The van der Waals surface area contributed by atoms with E-state index < -0.39 is 5.41 Å². The Hall–Kier alpha value is -0.550. The molecule has 0 spiro atoms. The fourth-order valence-corrected chi connectivity index (χ4v) is 1.34. The van der Waals surface area contributed by atoms with E-state index in [9.17, 15) is 5.11 Å². The normalized spacial score (nSPS) is 23.6. The van der Waals surface area contributed by atoms with Crippen LogP contribution in [0.4, 0.5) is 0 Å². The van der Waals surface area contributed by atoms with Gasteiger partial charge in [-0.1, -0.05) is 12.8 Å². The van der Waals surface area contributed by atoms with E-state index in [4.69, 9.17) is 5.26 Å². The van der Waals surface area contributed by atoms with Crippen molar-refractivity contribution in [1.82, 2.24) is 0 Å². The molecule has 1 rings (SSSR count). The van der Waals surface area contributed by atoms with Gasteiger partial charge in [0.15, 0.2) is 0 Å². The number of hydrogen-bond donors (Lipinski definition) is 0. The van der Waals surface area contributed by atoms with E-state index in [0.29, 0.717) is 0 Å². The van der Waals surface area contributed by atoms with Crippen LogP contribution in [-0.4, -0.2) is 6.61 Å². The lowest BCUT2D eigenvalue weighted by Crippen LogP contribution is -2.17. The Morgan fingerprint density at radius 2 is 2.00 bits per heavy atom. The third-order valence-electron chi connectivity index (χ3n) is 2.07. The zero-order chi connectivity index (χ0) is 6.74. The molecule has 0 aromatic rings. The quantitative estimate of drug-likeness (QED) is 0.522. The van der Waals surface area contributed by atoms with E-state index >= 15 is 0 Å². The Bertz CT molecular complexity index is 130. The summed E-state index contributed by atoms with van der Waals surface area (Å²) in [5.74, 6) is 0. The highest BCUT2D eigenvalue weighted by molar-refractivity contribution is 5.01. The molecule has 0 saturated heterocycles. The molecule has 2 heteroatoms. The van der Waals surface area contributed by atoms with Gasteiger partial charge in [0.25, 0.3) is 0 Å². The van der Waals surface area contributed by atoms with Gasteiger partial charge in [-0.05, 0) is 12.8 Å². The zero-order valence-electron chi connectivity index (χ0n) is 5.39. The first-order valence-electron chi connectivity index (χ1n) is 3.32. The van der Waals surface area contributed by atoms with E-state index in [1.165, 1.54) is 0 Å². The minimum atomic E-state index is -0.472. The number of nitrogens with zero attached hydrogens (tertiary/aromatic N) is 1. The summed E-state index contributed by atoms with van der Waals surface area (Å²) >= 11 is 0. The molecule has 1 aliphatic rings. The summed E-state index contributed by atoms with van der Waals surface area (Å²) in [6, 6.07) is 2.11. The monoisotopic (exact) mass is 124 g/mol. The van der Waals surface area contributed by atoms with Crippen LogP contribution in [-0.2, 0) is 5.11 Å². The first kappa shape index (κ1) is 6.57. The van der Waals surface area contributed by atoms with Gasteiger partial charge >= 0.3 is 0 Å². The lowest BCUT2D eigenvalue weighted by atomic mass is 9.90. The molecule has 0 aromatic heterocycles. The number of nitriles is 1. The molecule has 0 aliphatic heterocycles. The van der Waals surface area contributed by atoms with Crippen molar-refractivity contribution in [2.45, 2.75) is 25.7 Å². The molecule has 2 nitrogen and oxygen atoms in total. The van der Waals surface area contributed by atoms with Gasteiger partial charge in [-0.2, -0.15) is 5.26 Å². The molecule has 0 amide bonds. The van der Waals surface area contributed by atoms with Crippen molar-refractivity contribution in [2.24, 2.45) is 5.41 Å². The summed E-state index contributed by atoms with van der Waals surface area (Å²) in [5.41, 5.74) is -0.472. The fourth-order valence-electron chi connectivity index (χ4n) is 1.34. The molecule has 0 heterocycles. The van der Waals surface area contributed by atoms with Gasteiger partial charge in [-0.3, -0.25) is 0 Å². The van der Waals surface area contributed by atoms with Crippen LogP contribution in [0.15, 0.2) is 0 Å². The summed E-state index contributed by atoms with van der Waals surface area (Å²) in [5, 5.41) is 19.0. The van der Waals surface area contributed by atoms with Gasteiger partial charge in [0.1, 0.15) is 6.61 Å². The maximum atomic E-state index is 10.5. The molecule has 0 aromatic carbocycles. The van der Waals surface area contributed by atoms with Gasteiger partial charge in [0.2, 0.25) is 0 Å². The molecular weight excluding hydrogens is 114 g/mol. The van der Waals surface area contributed by atoms with Crippen molar-refractivity contribution < 1.29 is 5.11 Å². The maximum Gasteiger partial charge on any atom is 0.101 e. The Morgan fingerprint density at radius 3 is 2.22 bits per heavy atom. The molecule has 49 valence electrons. The summed E-state index contributed by atoms with van der Waals surface area (Å²) in [4.78, 5) is 0. The SMILES string of the molecule is N#CC1(C[O])CCCC1. The summed E-state index contributed by atoms with van der Waals surface area (Å²) < 4.78 is 0. The third-order valence-corrected chi connectivity index (χ3v) is 2.07. The zero-order valence-corrected chi connectivity index (χ0v) is 5.39. The van der Waals surface area contributed by atoms with E-state index in [-0.39, 0.29) is 6.61 Å². The second kappa shape index (κ2) is 2.36. The highest BCUT2D eigenvalue weighted by atomic mass is 16.3. The Morgan fingerprint density at radius 1 is 1.44 bits per heavy atom. The molecule has 1 saturated carbocycles. The van der Waals surface area contributed by atoms with Crippen molar-refractivity contribution in [3.8, 4) is 6.07 Å². The molecule has 0 atom stereocenters. The predicted octanol–water partition coefficient (Wildman–Crippen LogP) is 1.50.